The van der Waals surface area contributed by atoms with Crippen LogP contribution in [0.4, 0.5) is 5.82 Å². The van der Waals surface area contributed by atoms with Gasteiger partial charge in [0.05, 0.1) is 34.6 Å². The monoisotopic (exact) mass is 780 g/mol. The predicted molar refractivity (Wildman–Crippen MR) is 216 cm³/mol. The quantitative estimate of drug-likeness (QED) is 0.139. The zero-order chi connectivity index (χ0) is 38.8. The third-order valence-corrected chi connectivity index (χ3v) is 14.5. The number of nitrogens with zero attached hydrogens (tertiary/aromatic N) is 4. The Morgan fingerprint density at radius 1 is 0.893 bits per heavy atom. The van der Waals surface area contributed by atoms with Gasteiger partial charge in [0, 0.05) is 39.7 Å². The average molecular weight is 781 g/mol. The van der Waals surface area contributed by atoms with E-state index in [0.717, 1.165) is 37.0 Å². The maximum atomic E-state index is 15.3. The van der Waals surface area contributed by atoms with Crippen LogP contribution in [0.5, 0.6) is 5.75 Å². The van der Waals surface area contributed by atoms with E-state index in [1.165, 1.54) is 9.80 Å². The highest BCUT2D eigenvalue weighted by atomic mass is 35.5. The van der Waals surface area contributed by atoms with Gasteiger partial charge in [-0.2, -0.15) is 5.10 Å². The van der Waals surface area contributed by atoms with Crippen LogP contribution in [-0.2, 0) is 32.8 Å². The number of phenolic OH excluding ortho intramolecular Hbond substituents is 1. The standard InChI is InChI=1S/C45H37ClN4O5S/c1-23-31-19-26(46)14-18-35(31)56-40(23)34-21-36(48(3)47-34)50-42(53)33-20-32-28(16-17-29-37(32)43(54)49(41(29)52)22-24-9-5-4-6-10-24)38(45(33,2)44(50)55)30-15-13-25-11-7-8-12-27(25)39(30)51/h4-16,18-19,21,29,32-33,37-38,51H,17,20,22H2,1-3H3. The Balaban J connectivity index is 1.10. The zero-order valence-electron chi connectivity index (χ0n) is 30.9. The number of anilines is 1. The number of halogens is 1. The van der Waals surface area contributed by atoms with Crippen molar-refractivity contribution < 1.29 is 24.3 Å². The van der Waals surface area contributed by atoms with Crippen molar-refractivity contribution in [2.75, 3.05) is 4.90 Å². The number of aromatic hydroxyl groups is 1. The van der Waals surface area contributed by atoms with Crippen molar-refractivity contribution in [3.8, 4) is 16.3 Å². The molecule has 2 aliphatic heterocycles. The lowest BCUT2D eigenvalue weighted by atomic mass is 9.51. The first-order valence-electron chi connectivity index (χ1n) is 18.9. The van der Waals surface area contributed by atoms with Gasteiger partial charge in [-0.05, 0) is 72.7 Å². The summed E-state index contributed by atoms with van der Waals surface area (Å²) < 4.78 is 2.63. The van der Waals surface area contributed by atoms with Crippen molar-refractivity contribution >= 4 is 73.2 Å². The Morgan fingerprint density at radius 3 is 2.46 bits per heavy atom. The summed E-state index contributed by atoms with van der Waals surface area (Å²) in [5, 5.41) is 20.0. The van der Waals surface area contributed by atoms with Crippen LogP contribution in [0.2, 0.25) is 5.02 Å². The fourth-order valence-corrected chi connectivity index (χ4v) is 11.6. The molecule has 4 amide bonds. The van der Waals surface area contributed by atoms with Crippen LogP contribution in [0, 0.1) is 36.0 Å². The number of carbonyl (C=O) groups excluding carboxylic acids is 4. The van der Waals surface area contributed by atoms with Gasteiger partial charge < -0.3 is 5.11 Å². The van der Waals surface area contributed by atoms with E-state index in [1.54, 1.807) is 29.1 Å². The smallest absolute Gasteiger partial charge is 0.242 e. The molecule has 0 radical (unpaired) electrons. The summed E-state index contributed by atoms with van der Waals surface area (Å²) in [6, 6.07) is 28.3. The van der Waals surface area contributed by atoms with Crippen molar-refractivity contribution in [1.29, 1.82) is 0 Å². The van der Waals surface area contributed by atoms with Gasteiger partial charge in [-0.1, -0.05) is 90.0 Å². The van der Waals surface area contributed by atoms with Gasteiger partial charge in [0.1, 0.15) is 17.3 Å². The van der Waals surface area contributed by atoms with E-state index >= 15 is 4.79 Å². The van der Waals surface area contributed by atoms with Crippen LogP contribution in [0.25, 0.3) is 31.4 Å². The summed E-state index contributed by atoms with van der Waals surface area (Å²) in [5.41, 5.74) is 2.52. The molecule has 56 heavy (non-hydrogen) atoms. The molecule has 1 N–H and O–H groups in total. The number of allylic oxidation sites excluding steroid dienone is 2. The molecule has 1 saturated carbocycles. The van der Waals surface area contributed by atoms with Gasteiger partial charge in [0.15, 0.2) is 0 Å². The molecular weight excluding hydrogens is 744 g/mol. The number of amides is 4. The fraction of sp³-hybridized carbons (Fsp3) is 0.267. The SMILES string of the molecule is Cc1c(-c2cc(N3C(=O)C4CC5C(=CCC6C(=O)N(Cc7ccccc7)C(=O)C65)C(c5ccc6ccccc6c5O)C4(C)C3=O)n(C)n2)sc2ccc(Cl)cc12. The molecule has 0 spiro atoms. The number of hydrogen-bond acceptors (Lipinski definition) is 7. The number of carbonyl (C=O) groups is 4. The summed E-state index contributed by atoms with van der Waals surface area (Å²) >= 11 is 7.91. The molecule has 9 nitrogen and oxygen atoms in total. The molecule has 2 saturated heterocycles. The summed E-state index contributed by atoms with van der Waals surface area (Å²) in [6.07, 6.45) is 2.56. The number of benzene rings is 4. The van der Waals surface area contributed by atoms with Crippen molar-refractivity contribution in [2.24, 2.45) is 36.1 Å². The van der Waals surface area contributed by atoms with Crippen molar-refractivity contribution in [3.05, 3.63) is 124 Å². The molecule has 6 unspecified atom stereocenters. The van der Waals surface area contributed by atoms with Gasteiger partial charge in [0.2, 0.25) is 23.6 Å². The number of imide groups is 2. The number of fused-ring (bicyclic) bond motifs is 6. The molecule has 10 rings (SSSR count). The van der Waals surface area contributed by atoms with E-state index < -0.39 is 35.0 Å². The largest absolute Gasteiger partial charge is 0.507 e. The lowest BCUT2D eigenvalue weighted by Crippen LogP contribution is -2.49. The van der Waals surface area contributed by atoms with E-state index in [9.17, 15) is 19.5 Å². The molecule has 4 aliphatic rings. The van der Waals surface area contributed by atoms with Crippen molar-refractivity contribution in [2.45, 2.75) is 39.2 Å². The molecule has 2 aromatic heterocycles. The van der Waals surface area contributed by atoms with E-state index in [2.05, 4.69) is 0 Å². The van der Waals surface area contributed by atoms with Crippen LogP contribution < -0.4 is 4.90 Å². The molecule has 3 fully saturated rings. The summed E-state index contributed by atoms with van der Waals surface area (Å²) in [4.78, 5) is 62.2. The summed E-state index contributed by atoms with van der Waals surface area (Å²) in [6.45, 7) is 4.02. The van der Waals surface area contributed by atoms with Gasteiger partial charge in [-0.15, -0.1) is 11.3 Å². The topological polar surface area (TPSA) is 113 Å². The Kier molecular flexibility index (Phi) is 7.76. The van der Waals surface area contributed by atoms with Gasteiger partial charge in [-0.25, -0.2) is 4.90 Å². The Labute approximate surface area is 331 Å². The molecule has 6 atom stereocenters. The number of aryl methyl sites for hydroxylation is 2. The predicted octanol–water partition coefficient (Wildman–Crippen LogP) is 8.55. The number of hydrogen-bond donors (Lipinski definition) is 1. The highest BCUT2D eigenvalue weighted by Gasteiger charge is 2.68. The van der Waals surface area contributed by atoms with Gasteiger partial charge in [-0.3, -0.25) is 28.8 Å². The third kappa shape index (κ3) is 4.81. The van der Waals surface area contributed by atoms with Crippen molar-refractivity contribution in [3.63, 3.8) is 0 Å². The van der Waals surface area contributed by atoms with Crippen LogP contribution in [0.15, 0.2) is 103 Å². The summed E-state index contributed by atoms with van der Waals surface area (Å²) in [7, 11) is 1.73. The molecular formula is C45H37ClN4O5S. The molecule has 4 heterocycles. The minimum Gasteiger partial charge on any atom is -0.507 e. The van der Waals surface area contributed by atoms with E-state index in [-0.39, 0.29) is 42.3 Å². The number of thiophene rings is 1. The minimum atomic E-state index is -1.32. The lowest BCUT2D eigenvalue weighted by Gasteiger charge is -2.49. The zero-order valence-corrected chi connectivity index (χ0v) is 32.5. The number of phenols is 1. The molecule has 4 aromatic carbocycles. The van der Waals surface area contributed by atoms with E-state index in [0.29, 0.717) is 33.9 Å². The molecule has 280 valence electrons. The van der Waals surface area contributed by atoms with E-state index in [1.807, 2.05) is 105 Å². The van der Waals surface area contributed by atoms with Crippen LogP contribution in [0.1, 0.15) is 42.4 Å². The first-order valence-corrected chi connectivity index (χ1v) is 20.1. The number of rotatable bonds is 5. The Morgan fingerprint density at radius 2 is 1.66 bits per heavy atom. The first kappa shape index (κ1) is 34.9. The van der Waals surface area contributed by atoms with Crippen LogP contribution in [-0.4, -0.2) is 43.4 Å². The maximum absolute atomic E-state index is 15.3. The normalized spacial score (nSPS) is 25.9. The Hall–Kier alpha value is -5.58. The highest BCUT2D eigenvalue weighted by molar-refractivity contribution is 7.22. The Bertz CT molecular complexity index is 2740. The molecule has 0 bridgehead atoms. The van der Waals surface area contributed by atoms with Gasteiger partial charge in [0.25, 0.3) is 0 Å². The second-order valence-electron chi connectivity index (χ2n) is 15.8. The van der Waals surface area contributed by atoms with Crippen molar-refractivity contribution in [1.82, 2.24) is 14.7 Å². The lowest BCUT2D eigenvalue weighted by molar-refractivity contribution is -0.141. The second kappa shape index (κ2) is 12.5. The molecule has 6 aromatic rings. The van der Waals surface area contributed by atoms with Crippen LogP contribution >= 0.6 is 22.9 Å². The van der Waals surface area contributed by atoms with Crippen LogP contribution in [0.3, 0.4) is 0 Å². The summed E-state index contributed by atoms with van der Waals surface area (Å²) in [5.74, 6) is -4.19. The fourth-order valence-electron chi connectivity index (χ4n) is 10.3. The number of aromatic nitrogens is 2. The number of likely N-dealkylation sites (tertiary alicyclic amines) is 1. The minimum absolute atomic E-state index is 0.0399. The maximum Gasteiger partial charge on any atom is 0.242 e. The van der Waals surface area contributed by atoms with E-state index in [4.69, 9.17) is 16.7 Å². The highest BCUT2D eigenvalue weighted by Crippen LogP contribution is 2.65. The first-order chi connectivity index (χ1) is 27.0. The molecule has 11 heteroatoms. The second-order valence-corrected chi connectivity index (χ2v) is 17.3. The third-order valence-electron chi connectivity index (χ3n) is 13.0. The van der Waals surface area contributed by atoms with Gasteiger partial charge >= 0.3 is 0 Å². The molecule has 2 aliphatic carbocycles. The average Bonchev–Trinajstić information content (AvgIpc) is 3.86.